The number of halogens is 4. The standard InChI is InChI=1S/C18H10ClF3O2/c19-16-9-14(18(20,21)22)4-6-17(16)24-15-5-3-12-2-1-11(10-23)7-13(12)8-15/h1-10H. The SMILES string of the molecule is O=Cc1ccc2ccc(Oc3ccc(C(F)(F)F)cc3Cl)cc2c1. The zero-order valence-electron chi connectivity index (χ0n) is 12.1. The van der Waals surface area contributed by atoms with Gasteiger partial charge in [-0.2, -0.15) is 13.2 Å². The maximum absolute atomic E-state index is 12.6. The van der Waals surface area contributed by atoms with Gasteiger partial charge in [-0.3, -0.25) is 4.79 Å². The van der Waals surface area contributed by atoms with E-state index in [4.69, 9.17) is 16.3 Å². The largest absolute Gasteiger partial charge is 0.456 e. The molecule has 0 amide bonds. The lowest BCUT2D eigenvalue weighted by atomic mass is 10.1. The van der Waals surface area contributed by atoms with Gasteiger partial charge in [0.1, 0.15) is 17.8 Å². The summed E-state index contributed by atoms with van der Waals surface area (Å²) in [6.45, 7) is 0. The first-order chi connectivity index (χ1) is 11.4. The normalized spacial score (nSPS) is 11.5. The third-order valence-corrected chi connectivity index (χ3v) is 3.75. The molecule has 0 unspecified atom stereocenters. The molecular formula is C18H10ClF3O2. The Morgan fingerprint density at radius 2 is 1.67 bits per heavy atom. The second kappa shape index (κ2) is 6.17. The van der Waals surface area contributed by atoms with E-state index < -0.39 is 11.7 Å². The molecule has 0 N–H and O–H groups in total. The van der Waals surface area contributed by atoms with Gasteiger partial charge in [0.25, 0.3) is 0 Å². The number of carbonyl (C=O) groups excluding carboxylic acids is 1. The van der Waals surface area contributed by atoms with Crippen molar-refractivity contribution >= 4 is 28.7 Å². The van der Waals surface area contributed by atoms with Gasteiger partial charge in [-0.25, -0.2) is 0 Å². The summed E-state index contributed by atoms with van der Waals surface area (Å²) in [5.41, 5.74) is -0.318. The molecule has 6 heteroatoms. The number of hydrogen-bond acceptors (Lipinski definition) is 2. The van der Waals surface area contributed by atoms with Crippen LogP contribution < -0.4 is 4.74 Å². The van der Waals surface area contributed by atoms with Crippen molar-refractivity contribution in [2.75, 3.05) is 0 Å². The van der Waals surface area contributed by atoms with Crippen LogP contribution in [0.25, 0.3) is 10.8 Å². The molecule has 3 aromatic carbocycles. The summed E-state index contributed by atoms with van der Waals surface area (Å²) in [7, 11) is 0. The summed E-state index contributed by atoms with van der Waals surface area (Å²) in [5.74, 6) is 0.530. The van der Waals surface area contributed by atoms with Crippen molar-refractivity contribution in [1.82, 2.24) is 0 Å². The molecule has 0 heterocycles. The molecule has 0 fully saturated rings. The first kappa shape index (κ1) is 16.3. The summed E-state index contributed by atoms with van der Waals surface area (Å²) < 4.78 is 43.5. The Morgan fingerprint density at radius 3 is 2.33 bits per heavy atom. The molecule has 0 bridgehead atoms. The fourth-order valence-electron chi connectivity index (χ4n) is 2.27. The van der Waals surface area contributed by atoms with Crippen LogP contribution in [0.1, 0.15) is 15.9 Å². The fourth-order valence-corrected chi connectivity index (χ4v) is 2.49. The molecule has 3 rings (SSSR count). The molecule has 24 heavy (non-hydrogen) atoms. The summed E-state index contributed by atoms with van der Waals surface area (Å²) >= 11 is 5.88. The molecule has 0 aliphatic heterocycles. The van der Waals surface area contributed by atoms with E-state index in [2.05, 4.69) is 0 Å². The van der Waals surface area contributed by atoms with Crippen LogP contribution >= 0.6 is 11.6 Å². The molecule has 0 atom stereocenters. The molecule has 122 valence electrons. The number of hydrogen-bond donors (Lipinski definition) is 0. The van der Waals surface area contributed by atoms with Crippen LogP contribution in [0.2, 0.25) is 5.02 Å². The number of carbonyl (C=O) groups is 1. The van der Waals surface area contributed by atoms with E-state index in [1.165, 1.54) is 6.07 Å². The molecule has 2 nitrogen and oxygen atoms in total. The molecule has 0 aromatic heterocycles. The minimum Gasteiger partial charge on any atom is -0.456 e. The lowest BCUT2D eigenvalue weighted by Crippen LogP contribution is -2.04. The minimum absolute atomic E-state index is 0.121. The van der Waals surface area contributed by atoms with Crippen molar-refractivity contribution in [3.63, 3.8) is 0 Å². The molecule has 0 aliphatic carbocycles. The van der Waals surface area contributed by atoms with E-state index in [0.717, 1.165) is 29.2 Å². The Kier molecular flexibility index (Phi) is 4.20. The van der Waals surface area contributed by atoms with Crippen molar-refractivity contribution in [2.24, 2.45) is 0 Å². The summed E-state index contributed by atoms with van der Waals surface area (Å²) in [5, 5.41) is 1.55. The average molecular weight is 351 g/mol. The minimum atomic E-state index is -4.46. The summed E-state index contributed by atoms with van der Waals surface area (Å²) in [4.78, 5) is 10.8. The van der Waals surface area contributed by atoms with Gasteiger partial charge in [-0.05, 0) is 47.2 Å². The Bertz CT molecular complexity index is 920. The smallest absolute Gasteiger partial charge is 0.416 e. The van der Waals surface area contributed by atoms with Crippen molar-refractivity contribution in [2.45, 2.75) is 6.18 Å². The zero-order valence-corrected chi connectivity index (χ0v) is 12.9. The molecule has 0 aliphatic rings. The van der Waals surface area contributed by atoms with E-state index in [1.54, 1.807) is 36.4 Å². The molecule has 0 spiro atoms. The van der Waals surface area contributed by atoms with Gasteiger partial charge < -0.3 is 4.74 Å². The van der Waals surface area contributed by atoms with Crippen LogP contribution in [0, 0.1) is 0 Å². The van der Waals surface area contributed by atoms with Crippen LogP contribution in [-0.2, 0) is 6.18 Å². The Hall–Kier alpha value is -2.53. The summed E-state index contributed by atoms with van der Waals surface area (Å²) in [6, 6.07) is 13.3. The van der Waals surface area contributed by atoms with Gasteiger partial charge in [0, 0.05) is 5.56 Å². The van der Waals surface area contributed by atoms with Crippen LogP contribution in [0.3, 0.4) is 0 Å². The molecular weight excluding hydrogens is 341 g/mol. The Morgan fingerprint density at radius 1 is 0.917 bits per heavy atom. The number of fused-ring (bicyclic) bond motifs is 1. The highest BCUT2D eigenvalue weighted by Crippen LogP contribution is 2.36. The second-order valence-electron chi connectivity index (χ2n) is 5.13. The average Bonchev–Trinajstić information content (AvgIpc) is 2.55. The van der Waals surface area contributed by atoms with Gasteiger partial charge in [0.05, 0.1) is 10.6 Å². The molecule has 3 aromatic rings. The zero-order chi connectivity index (χ0) is 17.3. The highest BCUT2D eigenvalue weighted by atomic mass is 35.5. The van der Waals surface area contributed by atoms with Gasteiger partial charge in [-0.15, -0.1) is 0 Å². The number of rotatable bonds is 3. The quantitative estimate of drug-likeness (QED) is 0.532. The van der Waals surface area contributed by atoms with Crippen molar-refractivity contribution in [3.05, 3.63) is 70.7 Å². The fraction of sp³-hybridized carbons (Fsp3) is 0.0556. The van der Waals surface area contributed by atoms with Gasteiger partial charge in [0.2, 0.25) is 0 Å². The third-order valence-electron chi connectivity index (χ3n) is 3.46. The van der Waals surface area contributed by atoms with Crippen molar-refractivity contribution < 1.29 is 22.7 Å². The lowest BCUT2D eigenvalue weighted by molar-refractivity contribution is -0.137. The first-order valence-electron chi connectivity index (χ1n) is 6.90. The molecule has 0 radical (unpaired) electrons. The predicted molar refractivity (Wildman–Crippen MR) is 85.9 cm³/mol. The Balaban J connectivity index is 1.93. The van der Waals surface area contributed by atoms with Gasteiger partial charge in [-0.1, -0.05) is 29.8 Å². The maximum Gasteiger partial charge on any atom is 0.416 e. The number of ether oxygens (including phenoxy) is 1. The highest BCUT2D eigenvalue weighted by molar-refractivity contribution is 6.32. The monoisotopic (exact) mass is 350 g/mol. The van der Waals surface area contributed by atoms with E-state index >= 15 is 0 Å². The lowest BCUT2D eigenvalue weighted by Gasteiger charge is -2.11. The van der Waals surface area contributed by atoms with E-state index in [1.807, 2.05) is 0 Å². The maximum atomic E-state index is 12.6. The van der Waals surface area contributed by atoms with Crippen LogP contribution in [0.4, 0.5) is 13.2 Å². The van der Waals surface area contributed by atoms with E-state index in [-0.39, 0.29) is 10.8 Å². The van der Waals surface area contributed by atoms with Crippen LogP contribution in [0.5, 0.6) is 11.5 Å². The highest BCUT2D eigenvalue weighted by Gasteiger charge is 2.31. The Labute approximate surface area is 140 Å². The van der Waals surface area contributed by atoms with Gasteiger partial charge >= 0.3 is 6.18 Å². The number of benzene rings is 3. The second-order valence-corrected chi connectivity index (χ2v) is 5.54. The van der Waals surface area contributed by atoms with E-state index in [0.29, 0.717) is 11.3 Å². The van der Waals surface area contributed by atoms with Crippen LogP contribution in [0.15, 0.2) is 54.6 Å². The topological polar surface area (TPSA) is 26.3 Å². The first-order valence-corrected chi connectivity index (χ1v) is 7.28. The van der Waals surface area contributed by atoms with Crippen molar-refractivity contribution in [1.29, 1.82) is 0 Å². The van der Waals surface area contributed by atoms with Crippen LogP contribution in [-0.4, -0.2) is 6.29 Å². The van der Waals surface area contributed by atoms with Crippen molar-refractivity contribution in [3.8, 4) is 11.5 Å². The van der Waals surface area contributed by atoms with E-state index in [9.17, 15) is 18.0 Å². The number of aldehydes is 1. The van der Waals surface area contributed by atoms with Gasteiger partial charge in [0.15, 0.2) is 0 Å². The predicted octanol–water partition coefficient (Wildman–Crippen LogP) is 6.12. The number of alkyl halides is 3. The third kappa shape index (κ3) is 3.36. The summed E-state index contributed by atoms with van der Waals surface area (Å²) in [6.07, 6.45) is -3.73. The molecule has 0 saturated carbocycles. The molecule has 0 saturated heterocycles.